The lowest BCUT2D eigenvalue weighted by atomic mass is 10.1. The minimum atomic E-state index is -4.43. The van der Waals surface area contributed by atoms with Gasteiger partial charge in [0.2, 0.25) is 0 Å². The van der Waals surface area contributed by atoms with Gasteiger partial charge in [0.05, 0.1) is 5.69 Å². The maximum Gasteiger partial charge on any atom is 0.431 e. The van der Waals surface area contributed by atoms with E-state index in [-0.39, 0.29) is 5.56 Å². The average molecular weight is 368 g/mol. The summed E-state index contributed by atoms with van der Waals surface area (Å²) in [5.41, 5.74) is 0.592. The van der Waals surface area contributed by atoms with Crippen LogP contribution in [0.2, 0.25) is 5.02 Å². The van der Waals surface area contributed by atoms with Crippen LogP contribution in [0.1, 0.15) is 11.3 Å². The van der Waals surface area contributed by atoms with E-state index in [1.807, 2.05) is 30.3 Å². The molecule has 124 valence electrons. The number of rotatable bonds is 3. The molecule has 1 aromatic heterocycles. The Morgan fingerprint density at radius 2 is 1.58 bits per heavy atom. The van der Waals surface area contributed by atoms with Crippen LogP contribution in [0.5, 0.6) is 0 Å². The van der Waals surface area contributed by atoms with E-state index in [9.17, 15) is 13.2 Å². The van der Waals surface area contributed by atoms with Gasteiger partial charge in [-0.1, -0.05) is 53.7 Å². The van der Waals surface area contributed by atoms with Gasteiger partial charge in [-0.15, -0.1) is 0 Å². The number of aromatic nitrogens is 1. The normalized spacial score (nSPS) is 11.7. The van der Waals surface area contributed by atoms with Gasteiger partial charge in [0.15, 0.2) is 0 Å². The van der Waals surface area contributed by atoms with Crippen molar-refractivity contribution in [2.45, 2.75) is 22.9 Å². The zero-order chi connectivity index (χ0) is 17.3. The molecule has 2 aromatic carbocycles. The molecule has 0 amide bonds. The van der Waals surface area contributed by atoms with Crippen LogP contribution in [0.4, 0.5) is 13.2 Å². The van der Waals surface area contributed by atoms with Crippen molar-refractivity contribution in [2.24, 2.45) is 0 Å². The second kappa shape index (κ2) is 6.57. The van der Waals surface area contributed by atoms with Crippen molar-refractivity contribution >= 4 is 23.4 Å². The van der Waals surface area contributed by atoms with Crippen molar-refractivity contribution in [3.8, 4) is 11.3 Å². The van der Waals surface area contributed by atoms with Crippen LogP contribution in [0.15, 0.2) is 64.4 Å². The first kappa shape index (κ1) is 17.0. The summed E-state index contributed by atoms with van der Waals surface area (Å²) >= 11 is 7.19. The van der Waals surface area contributed by atoms with Gasteiger partial charge in [-0.2, -0.15) is 13.2 Å². The highest BCUT2D eigenvalue weighted by atomic mass is 35.5. The van der Waals surface area contributed by atoms with Crippen LogP contribution >= 0.6 is 23.4 Å². The van der Waals surface area contributed by atoms with Gasteiger partial charge >= 0.3 is 6.18 Å². The lowest BCUT2D eigenvalue weighted by Gasteiger charge is -2.06. The number of halogens is 4. The molecule has 3 aromatic rings. The van der Waals surface area contributed by atoms with Gasteiger partial charge in [0, 0.05) is 14.8 Å². The highest BCUT2D eigenvalue weighted by Gasteiger charge is 2.36. The summed E-state index contributed by atoms with van der Waals surface area (Å²) in [6, 6.07) is 16.1. The molecule has 24 heavy (non-hydrogen) atoms. The largest absolute Gasteiger partial charge is 0.431 e. The van der Waals surface area contributed by atoms with E-state index in [1.165, 1.54) is 18.7 Å². The molecule has 0 bridgehead atoms. The van der Waals surface area contributed by atoms with Crippen LogP contribution < -0.4 is 0 Å². The average Bonchev–Trinajstić information content (AvgIpc) is 2.86. The molecule has 0 saturated carbocycles. The quantitative estimate of drug-likeness (QED) is 0.537. The summed E-state index contributed by atoms with van der Waals surface area (Å²) < 4.78 is 39.9. The zero-order valence-corrected chi connectivity index (χ0v) is 14.2. The molecule has 0 radical (unpaired) electrons. The summed E-state index contributed by atoms with van der Waals surface area (Å²) in [6.45, 7) is 1.49. The third-order valence-electron chi connectivity index (χ3n) is 3.57. The molecule has 0 aliphatic rings. The van der Waals surface area contributed by atoms with E-state index >= 15 is 0 Å². The predicted octanol–water partition coefficient (Wildman–Crippen LogP) is 6.81. The number of hydrogen-bond acceptors (Lipinski definition) is 1. The number of nitrogens with one attached hydrogen (secondary N) is 1. The van der Waals surface area contributed by atoms with Gasteiger partial charge in [-0.3, -0.25) is 0 Å². The molecule has 0 fully saturated rings. The standard InChI is InChI=1S/C18H13ClF3NS/c1-11-16(24-14-5-3-2-4-6-14)15(23-17(11)18(20,21)22)12-7-9-13(19)10-8-12/h2-10,23H,1H3. The number of aromatic amines is 1. The Hall–Kier alpha value is -1.85. The van der Waals surface area contributed by atoms with Gasteiger partial charge < -0.3 is 4.98 Å². The third-order valence-corrected chi connectivity index (χ3v) is 5.05. The van der Waals surface area contributed by atoms with E-state index in [0.29, 0.717) is 21.2 Å². The van der Waals surface area contributed by atoms with Crippen molar-refractivity contribution in [1.82, 2.24) is 4.98 Å². The van der Waals surface area contributed by atoms with Gasteiger partial charge in [0.1, 0.15) is 5.69 Å². The van der Waals surface area contributed by atoms with Crippen LogP contribution in [0, 0.1) is 6.92 Å². The molecule has 0 aliphatic heterocycles. The Morgan fingerprint density at radius 1 is 0.958 bits per heavy atom. The smallest absolute Gasteiger partial charge is 0.350 e. The van der Waals surface area contributed by atoms with Gasteiger partial charge in [0.25, 0.3) is 0 Å². The summed E-state index contributed by atoms with van der Waals surface area (Å²) in [5.74, 6) is 0. The first-order valence-electron chi connectivity index (χ1n) is 7.15. The molecule has 0 atom stereocenters. The molecule has 1 heterocycles. The fourth-order valence-electron chi connectivity index (χ4n) is 2.41. The van der Waals surface area contributed by atoms with Crippen molar-refractivity contribution < 1.29 is 13.2 Å². The van der Waals surface area contributed by atoms with Crippen molar-refractivity contribution in [2.75, 3.05) is 0 Å². The Kier molecular flexibility index (Phi) is 4.65. The summed E-state index contributed by atoms with van der Waals surface area (Å²) in [4.78, 5) is 4.00. The maximum absolute atomic E-state index is 13.3. The fourth-order valence-corrected chi connectivity index (χ4v) is 3.59. The van der Waals surface area contributed by atoms with Crippen molar-refractivity contribution in [1.29, 1.82) is 0 Å². The highest BCUT2D eigenvalue weighted by molar-refractivity contribution is 7.99. The third kappa shape index (κ3) is 3.47. The summed E-state index contributed by atoms with van der Waals surface area (Å²) in [7, 11) is 0. The minimum absolute atomic E-state index is 0.196. The number of hydrogen-bond donors (Lipinski definition) is 1. The molecule has 3 rings (SSSR count). The molecular formula is C18H13ClF3NS. The molecule has 1 nitrogen and oxygen atoms in total. The Labute approximate surface area is 146 Å². The first-order chi connectivity index (χ1) is 11.4. The number of alkyl halides is 3. The molecule has 0 spiro atoms. The molecule has 0 aliphatic carbocycles. The van der Waals surface area contributed by atoms with Gasteiger partial charge in [-0.05, 0) is 42.3 Å². The van der Waals surface area contributed by atoms with Crippen molar-refractivity contribution in [3.05, 3.63) is 70.9 Å². The van der Waals surface area contributed by atoms with Crippen molar-refractivity contribution in [3.63, 3.8) is 0 Å². The first-order valence-corrected chi connectivity index (χ1v) is 8.34. The molecule has 6 heteroatoms. The van der Waals surface area contributed by atoms with Gasteiger partial charge in [-0.25, -0.2) is 0 Å². The summed E-state index contributed by atoms with van der Waals surface area (Å²) in [6.07, 6.45) is -4.43. The van der Waals surface area contributed by atoms with Crippen LogP contribution in [0.3, 0.4) is 0 Å². The Balaban J connectivity index is 2.14. The van der Waals surface area contributed by atoms with E-state index in [4.69, 9.17) is 11.6 Å². The predicted molar refractivity (Wildman–Crippen MR) is 91.5 cm³/mol. The SMILES string of the molecule is Cc1c(C(F)(F)F)[nH]c(-c2ccc(Cl)cc2)c1Sc1ccccc1. The van der Waals surface area contributed by atoms with Crippen LogP contribution in [0.25, 0.3) is 11.3 Å². The number of H-pyrrole nitrogens is 1. The van der Waals surface area contributed by atoms with E-state index in [2.05, 4.69) is 4.98 Å². The zero-order valence-electron chi connectivity index (χ0n) is 12.6. The maximum atomic E-state index is 13.3. The Bertz CT molecular complexity index is 839. The van der Waals surface area contributed by atoms with E-state index in [1.54, 1.807) is 24.3 Å². The topological polar surface area (TPSA) is 15.8 Å². The molecular weight excluding hydrogens is 355 g/mol. The van der Waals surface area contributed by atoms with Crippen LogP contribution in [-0.4, -0.2) is 4.98 Å². The lowest BCUT2D eigenvalue weighted by Crippen LogP contribution is -2.07. The van der Waals surface area contributed by atoms with E-state index < -0.39 is 11.9 Å². The minimum Gasteiger partial charge on any atom is -0.350 e. The molecule has 0 saturated heterocycles. The molecule has 0 unspecified atom stereocenters. The molecule has 1 N–H and O–H groups in total. The second-order valence-corrected chi connectivity index (χ2v) is 6.77. The second-order valence-electron chi connectivity index (χ2n) is 5.25. The summed E-state index contributed by atoms with van der Waals surface area (Å²) in [5, 5.41) is 0.537. The lowest BCUT2D eigenvalue weighted by molar-refractivity contribution is -0.141. The monoisotopic (exact) mass is 367 g/mol. The highest BCUT2D eigenvalue weighted by Crippen LogP contribution is 2.44. The Morgan fingerprint density at radius 3 is 2.17 bits per heavy atom. The fraction of sp³-hybridized carbons (Fsp3) is 0.111. The van der Waals surface area contributed by atoms with Crippen LogP contribution in [-0.2, 0) is 6.18 Å². The number of benzene rings is 2. The van der Waals surface area contributed by atoms with E-state index in [0.717, 1.165) is 4.90 Å².